The van der Waals surface area contributed by atoms with E-state index < -0.39 is 0 Å². The van der Waals surface area contributed by atoms with Crippen LogP contribution < -0.4 is 4.90 Å². The van der Waals surface area contributed by atoms with Crippen molar-refractivity contribution in [1.29, 1.82) is 5.26 Å². The zero-order chi connectivity index (χ0) is 26.0. The maximum absolute atomic E-state index is 13.6. The second-order valence-corrected chi connectivity index (χ2v) is 10.6. The van der Waals surface area contributed by atoms with E-state index in [1.165, 1.54) is 11.1 Å². The van der Waals surface area contributed by atoms with Crippen LogP contribution in [0.5, 0.6) is 0 Å². The van der Waals surface area contributed by atoms with E-state index in [9.17, 15) is 15.5 Å². The van der Waals surface area contributed by atoms with Crippen molar-refractivity contribution in [2.24, 2.45) is 0 Å². The Bertz CT molecular complexity index is 1580. The van der Waals surface area contributed by atoms with Gasteiger partial charge in [0.1, 0.15) is 13.1 Å². The van der Waals surface area contributed by atoms with E-state index >= 15 is 0 Å². The minimum absolute atomic E-state index is 0.0414. The van der Waals surface area contributed by atoms with E-state index in [4.69, 9.17) is 0 Å². The van der Waals surface area contributed by atoms with Crippen LogP contribution in [0, 0.1) is 11.3 Å². The maximum atomic E-state index is 13.6. The summed E-state index contributed by atoms with van der Waals surface area (Å²) in [6.45, 7) is 8.51. The van der Waals surface area contributed by atoms with Gasteiger partial charge in [-0.05, 0) is 31.6 Å². The van der Waals surface area contributed by atoms with E-state index in [-0.39, 0.29) is 22.2 Å². The van der Waals surface area contributed by atoms with E-state index in [2.05, 4.69) is 61.4 Å². The van der Waals surface area contributed by atoms with Crippen molar-refractivity contribution in [3.8, 4) is 6.07 Å². The lowest BCUT2D eigenvalue weighted by molar-refractivity contribution is -0.401. The van der Waals surface area contributed by atoms with Crippen LogP contribution in [0.1, 0.15) is 38.8 Å². The minimum atomic E-state index is -0.327. The number of fused-ring (bicyclic) bond motifs is 2. The summed E-state index contributed by atoms with van der Waals surface area (Å²) < 4.78 is 2.09. The van der Waals surface area contributed by atoms with Crippen LogP contribution >= 0.6 is 0 Å². The Hall–Kier alpha value is -4.26. The Morgan fingerprint density at radius 1 is 1.00 bits per heavy atom. The van der Waals surface area contributed by atoms with Crippen molar-refractivity contribution >= 4 is 28.7 Å². The van der Waals surface area contributed by atoms with E-state index in [0.717, 1.165) is 22.8 Å². The molecule has 0 aromatic heterocycles. The highest BCUT2D eigenvalue weighted by Gasteiger charge is 2.46. The zero-order valence-corrected chi connectivity index (χ0v) is 21.5. The lowest BCUT2D eigenvalue weighted by Crippen LogP contribution is -2.31. The first-order valence-corrected chi connectivity index (χ1v) is 12.0. The first kappa shape index (κ1) is 23.5. The van der Waals surface area contributed by atoms with Crippen molar-refractivity contribution in [1.82, 2.24) is 0 Å². The summed E-state index contributed by atoms with van der Waals surface area (Å²) in [5.41, 5.74) is 7.01. The largest absolute Gasteiger partial charge is 0.762 e. The highest BCUT2D eigenvalue weighted by Crippen LogP contribution is 2.49. The molecule has 0 unspecified atom stereocenters. The predicted octanol–water partition coefficient (Wildman–Crippen LogP) is 5.50. The van der Waals surface area contributed by atoms with Crippen LogP contribution in [0.25, 0.3) is 5.41 Å². The number of allylic oxidation sites excluding steroid dienone is 7. The molecule has 1 aliphatic carbocycles. The molecule has 2 aromatic rings. The predicted molar refractivity (Wildman–Crippen MR) is 144 cm³/mol. The molecule has 0 spiro atoms. The molecule has 5 heteroatoms. The highest BCUT2D eigenvalue weighted by atomic mass is 16.1. The van der Waals surface area contributed by atoms with E-state index in [1.54, 1.807) is 0 Å². The molecule has 3 aliphatic rings. The van der Waals surface area contributed by atoms with Crippen molar-refractivity contribution in [3.05, 3.63) is 105 Å². The average molecular weight is 473 g/mol. The SMILES string of the molecule is CN1C(=CC2=C(C(=C=[N-])C#N)C(=CC3=[N+](C)c4ccccc4C3(C)C)C2=O)C(C)(C)c2ccccc21. The smallest absolute Gasteiger partial charge is 0.209 e. The number of anilines is 1. The van der Waals surface area contributed by atoms with Crippen molar-refractivity contribution < 1.29 is 9.37 Å². The number of hydrogen-bond donors (Lipinski definition) is 0. The molecular weight excluding hydrogens is 444 g/mol. The van der Waals surface area contributed by atoms with Crippen molar-refractivity contribution in [2.45, 2.75) is 38.5 Å². The Labute approximate surface area is 212 Å². The minimum Gasteiger partial charge on any atom is -0.762 e. The summed E-state index contributed by atoms with van der Waals surface area (Å²) in [7, 11) is 3.98. The fourth-order valence-corrected chi connectivity index (χ4v) is 5.93. The molecule has 36 heavy (non-hydrogen) atoms. The van der Waals surface area contributed by atoms with Gasteiger partial charge in [-0.3, -0.25) is 4.79 Å². The number of carbonyl (C=O) groups excluding carboxylic acids is 1. The Balaban J connectivity index is 1.68. The summed E-state index contributed by atoms with van der Waals surface area (Å²) >= 11 is 0. The van der Waals surface area contributed by atoms with Gasteiger partial charge in [0.15, 0.2) is 11.5 Å². The van der Waals surface area contributed by atoms with Gasteiger partial charge in [0.05, 0.1) is 11.0 Å². The molecule has 2 heterocycles. The fourth-order valence-electron chi connectivity index (χ4n) is 5.93. The number of likely N-dealkylation sites (N-methyl/N-ethyl adjacent to an activating group) is 1. The molecule has 0 N–H and O–H groups in total. The molecule has 0 bridgehead atoms. The molecule has 0 atom stereocenters. The second-order valence-electron chi connectivity index (χ2n) is 10.6. The number of rotatable bonds is 3. The molecule has 2 aliphatic heterocycles. The van der Waals surface area contributed by atoms with Crippen molar-refractivity contribution in [2.75, 3.05) is 19.0 Å². The average Bonchev–Trinajstić information content (AvgIpc) is 3.18. The number of nitriles is 1. The number of para-hydroxylation sites is 2. The Morgan fingerprint density at radius 3 is 2.25 bits per heavy atom. The van der Waals surface area contributed by atoms with Gasteiger partial charge in [0, 0.05) is 58.3 Å². The van der Waals surface area contributed by atoms with Gasteiger partial charge in [-0.15, -0.1) is 0 Å². The second kappa shape index (κ2) is 7.88. The van der Waals surface area contributed by atoms with Gasteiger partial charge >= 0.3 is 0 Å². The topological polar surface area (TPSA) is 69.4 Å². The quantitative estimate of drug-likeness (QED) is 0.256. The third kappa shape index (κ3) is 3.05. The van der Waals surface area contributed by atoms with Gasteiger partial charge in [0.25, 0.3) is 0 Å². The normalized spacial score (nSPS) is 21.4. The van der Waals surface area contributed by atoms with Gasteiger partial charge in [0.2, 0.25) is 5.69 Å². The monoisotopic (exact) mass is 472 g/mol. The summed E-state index contributed by atoms with van der Waals surface area (Å²) in [5, 5.41) is 19.5. The standard InChI is InChI=1S/C31H28N4O/c1-30(2)22-11-7-9-13-24(22)34(5)26(30)15-20-28(19(17-32)18-33)21(29(20)36)16-27-31(3,4)23-12-8-10-14-25(23)35(27)6/h7-16H,1-6H3. The molecule has 178 valence electrons. The molecule has 2 aromatic carbocycles. The lowest BCUT2D eigenvalue weighted by atomic mass is 9.73. The van der Waals surface area contributed by atoms with Gasteiger partial charge < -0.3 is 10.3 Å². The fraction of sp³-hybridized carbons (Fsp3) is 0.258. The van der Waals surface area contributed by atoms with Crippen LogP contribution in [0.3, 0.4) is 0 Å². The molecule has 0 saturated carbocycles. The van der Waals surface area contributed by atoms with Crippen LogP contribution in [0.4, 0.5) is 11.4 Å². The molecule has 0 fully saturated rings. The first-order valence-electron chi connectivity index (χ1n) is 12.0. The Morgan fingerprint density at radius 2 is 1.64 bits per heavy atom. The molecule has 0 amide bonds. The van der Waals surface area contributed by atoms with Gasteiger partial charge in [-0.1, -0.05) is 50.2 Å². The Kier molecular flexibility index (Phi) is 5.14. The van der Waals surface area contributed by atoms with E-state index in [1.807, 2.05) is 62.5 Å². The van der Waals surface area contributed by atoms with Crippen LogP contribution in [0.2, 0.25) is 0 Å². The van der Waals surface area contributed by atoms with Gasteiger partial charge in [-0.2, -0.15) is 9.84 Å². The molecule has 0 radical (unpaired) electrons. The van der Waals surface area contributed by atoms with Crippen LogP contribution in [-0.2, 0) is 15.6 Å². The summed E-state index contributed by atoms with van der Waals surface area (Å²) in [5.74, 6) is 1.88. The lowest BCUT2D eigenvalue weighted by Gasteiger charge is -2.29. The molecule has 0 saturated heterocycles. The molecule has 5 nitrogen and oxygen atoms in total. The zero-order valence-electron chi connectivity index (χ0n) is 21.5. The van der Waals surface area contributed by atoms with E-state index in [0.29, 0.717) is 16.7 Å². The maximum Gasteiger partial charge on any atom is 0.209 e. The molecular formula is C31H28N4O. The number of nitrogens with zero attached hydrogens (tertiary/aromatic N) is 4. The van der Waals surface area contributed by atoms with Crippen LogP contribution in [0.15, 0.2) is 88.7 Å². The number of carbonyl (C=O) groups is 1. The van der Waals surface area contributed by atoms with Gasteiger partial charge in [-0.25, -0.2) is 5.87 Å². The summed E-state index contributed by atoms with van der Waals surface area (Å²) in [6.07, 6.45) is 3.74. The third-order valence-corrected chi connectivity index (χ3v) is 7.94. The van der Waals surface area contributed by atoms with Crippen LogP contribution in [-0.4, -0.2) is 36.0 Å². The molecule has 5 rings (SSSR count). The number of ketones is 1. The number of benzene rings is 2. The summed E-state index contributed by atoms with van der Waals surface area (Å²) in [6, 6.07) is 18.4. The summed E-state index contributed by atoms with van der Waals surface area (Å²) in [4.78, 5) is 15.7. The first-order chi connectivity index (χ1) is 17.1. The third-order valence-electron chi connectivity index (χ3n) is 7.94. The number of hydrogen-bond acceptors (Lipinski definition) is 3. The highest BCUT2D eigenvalue weighted by molar-refractivity contribution is 6.27. The van der Waals surface area contributed by atoms with Crippen molar-refractivity contribution in [3.63, 3.8) is 0 Å². The number of Topliss-reactive ketones (excluding diaryl/α,β-unsaturated/α-hetero) is 1.